The van der Waals surface area contributed by atoms with Gasteiger partial charge >= 0.3 is 6.03 Å². The van der Waals surface area contributed by atoms with Gasteiger partial charge in [-0.05, 0) is 24.3 Å². The van der Waals surface area contributed by atoms with Crippen LogP contribution in [0.5, 0.6) is 5.75 Å². The number of amides is 2. The molecular formula is C20H26N4O3S2. The number of hydrogen-bond donors (Lipinski definition) is 2. The molecule has 0 bridgehead atoms. The van der Waals surface area contributed by atoms with Crippen molar-refractivity contribution in [3.05, 3.63) is 40.8 Å². The van der Waals surface area contributed by atoms with E-state index in [9.17, 15) is 4.79 Å². The van der Waals surface area contributed by atoms with E-state index in [1.807, 2.05) is 41.4 Å². The van der Waals surface area contributed by atoms with Crippen molar-refractivity contribution in [2.45, 2.75) is 18.6 Å². The Morgan fingerprint density at radius 1 is 1.34 bits per heavy atom. The highest BCUT2D eigenvalue weighted by atomic mass is 32.2. The maximum atomic E-state index is 12.5. The van der Waals surface area contributed by atoms with E-state index in [0.29, 0.717) is 24.6 Å². The molecule has 0 aliphatic carbocycles. The maximum Gasteiger partial charge on any atom is 0.319 e. The smallest absolute Gasteiger partial charge is 0.319 e. The highest BCUT2D eigenvalue weighted by Crippen LogP contribution is 2.33. The Morgan fingerprint density at radius 2 is 2.24 bits per heavy atom. The molecule has 156 valence electrons. The Kier molecular flexibility index (Phi) is 6.91. The molecule has 9 heteroatoms. The highest BCUT2D eigenvalue weighted by Gasteiger charge is 2.40. The van der Waals surface area contributed by atoms with E-state index in [2.05, 4.69) is 20.5 Å². The fourth-order valence-electron chi connectivity index (χ4n) is 3.68. The van der Waals surface area contributed by atoms with E-state index in [0.717, 1.165) is 49.9 Å². The van der Waals surface area contributed by atoms with Crippen molar-refractivity contribution < 1.29 is 14.3 Å². The van der Waals surface area contributed by atoms with Crippen LogP contribution in [0.3, 0.4) is 0 Å². The maximum absolute atomic E-state index is 12.5. The van der Waals surface area contributed by atoms with Crippen LogP contribution in [0.25, 0.3) is 0 Å². The van der Waals surface area contributed by atoms with Crippen molar-refractivity contribution in [2.75, 3.05) is 49.7 Å². The molecule has 1 atom stereocenters. The van der Waals surface area contributed by atoms with Gasteiger partial charge in [-0.15, -0.1) is 11.3 Å². The van der Waals surface area contributed by atoms with E-state index in [-0.39, 0.29) is 11.6 Å². The summed E-state index contributed by atoms with van der Waals surface area (Å²) in [5, 5.41) is 7.98. The van der Waals surface area contributed by atoms with E-state index >= 15 is 0 Å². The molecule has 2 amide bonds. The second-order valence-corrected chi connectivity index (χ2v) is 9.05. The minimum absolute atomic E-state index is 0.0320. The van der Waals surface area contributed by atoms with Gasteiger partial charge in [-0.25, -0.2) is 9.78 Å². The number of anilines is 1. The lowest BCUT2D eigenvalue weighted by atomic mass is 9.95. The summed E-state index contributed by atoms with van der Waals surface area (Å²) in [4.78, 5) is 19.2. The predicted octanol–water partition coefficient (Wildman–Crippen LogP) is 3.05. The zero-order chi connectivity index (χ0) is 19.9. The summed E-state index contributed by atoms with van der Waals surface area (Å²) in [5.41, 5.74) is 3.42. The molecular weight excluding hydrogens is 408 g/mol. The van der Waals surface area contributed by atoms with Crippen LogP contribution in [0.2, 0.25) is 0 Å². The number of nitrogens with zero attached hydrogens (tertiary/aromatic N) is 2. The first-order valence-electron chi connectivity index (χ1n) is 9.79. The summed E-state index contributed by atoms with van der Waals surface area (Å²) >= 11 is 3.51. The Bertz CT molecular complexity index is 791. The third kappa shape index (κ3) is 5.42. The van der Waals surface area contributed by atoms with Gasteiger partial charge in [-0.3, -0.25) is 4.90 Å². The zero-order valence-electron chi connectivity index (χ0n) is 16.3. The third-order valence-corrected chi connectivity index (χ3v) is 7.17. The lowest BCUT2D eigenvalue weighted by Gasteiger charge is -2.43. The molecule has 2 aromatic rings. The number of urea groups is 1. The number of morpholine rings is 1. The van der Waals surface area contributed by atoms with Crippen LogP contribution in [0.15, 0.2) is 35.2 Å². The van der Waals surface area contributed by atoms with E-state index in [1.165, 1.54) is 0 Å². The first kappa shape index (κ1) is 20.5. The lowest BCUT2D eigenvalue weighted by Crippen LogP contribution is -2.59. The Morgan fingerprint density at radius 3 is 3.00 bits per heavy atom. The fourth-order valence-corrected chi connectivity index (χ4v) is 5.71. The molecule has 0 radical (unpaired) electrons. The Balaban J connectivity index is 1.30. The van der Waals surface area contributed by atoms with E-state index < -0.39 is 0 Å². The average Bonchev–Trinajstić information content (AvgIpc) is 3.45. The number of hydrogen-bond acceptors (Lipinski definition) is 7. The van der Waals surface area contributed by atoms with E-state index in [4.69, 9.17) is 9.47 Å². The van der Waals surface area contributed by atoms with Crippen molar-refractivity contribution in [1.29, 1.82) is 0 Å². The highest BCUT2D eigenvalue weighted by molar-refractivity contribution is 7.99. The zero-order valence-corrected chi connectivity index (χ0v) is 17.9. The molecule has 1 aromatic heterocycles. The van der Waals surface area contributed by atoms with Gasteiger partial charge in [0.15, 0.2) is 0 Å². The van der Waals surface area contributed by atoms with Crippen molar-refractivity contribution >= 4 is 34.8 Å². The molecule has 3 heterocycles. The topological polar surface area (TPSA) is 75.7 Å². The van der Waals surface area contributed by atoms with Gasteiger partial charge in [-0.2, -0.15) is 11.8 Å². The van der Waals surface area contributed by atoms with Crippen LogP contribution in [0, 0.1) is 0 Å². The minimum atomic E-state index is -0.189. The first-order chi connectivity index (χ1) is 14.2. The molecule has 29 heavy (non-hydrogen) atoms. The van der Waals surface area contributed by atoms with Crippen LogP contribution >= 0.6 is 23.1 Å². The number of ether oxygens (including phenoxy) is 2. The molecule has 7 nitrogen and oxygen atoms in total. The standard InChI is InChI=1S/C20H26N4O3S2/c25-19(21-13-20(4-9-28-14-20)24-5-7-26-8-6-24)23-16-2-1-3-18(10-16)27-11-17-12-29-15-22-17/h1-3,10,12,15H,4-9,11,13-14H2,(H2,21,23,25). The monoisotopic (exact) mass is 434 g/mol. The van der Waals surface area contributed by atoms with Crippen molar-refractivity contribution in [3.63, 3.8) is 0 Å². The number of benzene rings is 1. The summed E-state index contributed by atoms with van der Waals surface area (Å²) in [6.45, 7) is 4.47. The van der Waals surface area contributed by atoms with Crippen LogP contribution in [0.1, 0.15) is 12.1 Å². The number of aromatic nitrogens is 1. The fraction of sp³-hybridized carbons (Fsp3) is 0.500. The molecule has 0 spiro atoms. The molecule has 2 saturated heterocycles. The lowest BCUT2D eigenvalue weighted by molar-refractivity contribution is -0.0123. The molecule has 2 aliphatic heterocycles. The van der Waals surface area contributed by atoms with Gasteiger partial charge in [0, 0.05) is 48.1 Å². The number of rotatable bonds is 7. The van der Waals surface area contributed by atoms with Gasteiger partial charge in [0.25, 0.3) is 0 Å². The van der Waals surface area contributed by atoms with Crippen LogP contribution in [0.4, 0.5) is 10.5 Å². The van der Waals surface area contributed by atoms with Crippen LogP contribution in [-0.2, 0) is 11.3 Å². The molecule has 0 saturated carbocycles. The molecule has 1 unspecified atom stereocenters. The largest absolute Gasteiger partial charge is 0.487 e. The van der Waals surface area contributed by atoms with Crippen LogP contribution in [-0.4, -0.2) is 65.8 Å². The summed E-state index contributed by atoms with van der Waals surface area (Å²) in [6.07, 6.45) is 1.10. The minimum Gasteiger partial charge on any atom is -0.487 e. The van der Waals surface area contributed by atoms with Crippen LogP contribution < -0.4 is 15.4 Å². The second kappa shape index (κ2) is 9.80. The summed E-state index contributed by atoms with van der Waals surface area (Å²) < 4.78 is 11.3. The summed E-state index contributed by atoms with van der Waals surface area (Å²) in [6, 6.07) is 7.24. The van der Waals surface area contributed by atoms with E-state index in [1.54, 1.807) is 16.8 Å². The number of nitrogens with one attached hydrogen (secondary N) is 2. The van der Waals surface area contributed by atoms with Crippen molar-refractivity contribution in [3.8, 4) is 5.75 Å². The van der Waals surface area contributed by atoms with Crippen molar-refractivity contribution in [2.24, 2.45) is 0 Å². The van der Waals surface area contributed by atoms with Gasteiger partial charge < -0.3 is 20.1 Å². The number of thioether (sulfide) groups is 1. The molecule has 4 rings (SSSR count). The quantitative estimate of drug-likeness (QED) is 0.698. The molecule has 2 N–H and O–H groups in total. The Hall–Kier alpha value is -1.81. The predicted molar refractivity (Wildman–Crippen MR) is 117 cm³/mol. The number of carbonyl (C=O) groups excluding carboxylic acids is 1. The number of thiazole rings is 1. The molecule has 2 aliphatic rings. The molecule has 1 aromatic carbocycles. The van der Waals surface area contributed by atoms with Gasteiger partial charge in [0.05, 0.1) is 24.4 Å². The third-order valence-electron chi connectivity index (χ3n) is 5.30. The number of carbonyl (C=O) groups is 1. The van der Waals surface area contributed by atoms with Gasteiger partial charge in [0.2, 0.25) is 0 Å². The first-order valence-corrected chi connectivity index (χ1v) is 11.9. The van der Waals surface area contributed by atoms with Gasteiger partial charge in [-0.1, -0.05) is 6.07 Å². The second-order valence-electron chi connectivity index (χ2n) is 7.23. The SMILES string of the molecule is O=C(NCC1(N2CCOCC2)CCSC1)Nc1cccc(OCc2cscn2)c1. The molecule has 2 fully saturated rings. The Labute approximate surface area is 179 Å². The van der Waals surface area contributed by atoms with Gasteiger partial charge in [0.1, 0.15) is 12.4 Å². The summed E-state index contributed by atoms with van der Waals surface area (Å²) in [5.74, 6) is 2.89. The average molecular weight is 435 g/mol. The summed E-state index contributed by atoms with van der Waals surface area (Å²) in [7, 11) is 0. The normalized spacial score (nSPS) is 22.3. The van der Waals surface area contributed by atoms with Crippen molar-refractivity contribution in [1.82, 2.24) is 15.2 Å².